The number of non-ortho nitro benzene ring substituents is 1. The maximum Gasteiger partial charge on any atom is 0.272 e. The van der Waals surface area contributed by atoms with E-state index >= 15 is 0 Å². The number of hydrogen-bond donors (Lipinski definition) is 0. The van der Waals surface area contributed by atoms with Gasteiger partial charge in [0.1, 0.15) is 0 Å². The Hall–Kier alpha value is -1.10. The molecule has 0 amide bonds. The minimum atomic E-state index is -0.357. The SMILES string of the molecule is O=[N+]([O-])c1cc(Br)cc(N2CCCC2)c1. The van der Waals surface area contributed by atoms with Crippen molar-refractivity contribution in [2.24, 2.45) is 0 Å². The van der Waals surface area contributed by atoms with Crippen LogP contribution in [0, 0.1) is 10.1 Å². The summed E-state index contributed by atoms with van der Waals surface area (Å²) in [5, 5.41) is 10.7. The molecule has 1 saturated heterocycles. The number of benzene rings is 1. The Bertz CT molecular complexity index is 389. The molecule has 1 aliphatic heterocycles. The highest BCUT2D eigenvalue weighted by Gasteiger charge is 2.16. The molecule has 0 spiro atoms. The van der Waals surface area contributed by atoms with Crippen LogP contribution >= 0.6 is 15.9 Å². The first-order valence-corrected chi connectivity index (χ1v) is 5.66. The van der Waals surface area contributed by atoms with Crippen LogP contribution in [0.25, 0.3) is 0 Å². The van der Waals surface area contributed by atoms with Crippen molar-refractivity contribution < 1.29 is 4.92 Å². The lowest BCUT2D eigenvalue weighted by Crippen LogP contribution is -2.17. The zero-order valence-electron chi connectivity index (χ0n) is 8.15. The van der Waals surface area contributed by atoms with Crippen molar-refractivity contribution in [1.29, 1.82) is 0 Å². The first-order valence-electron chi connectivity index (χ1n) is 4.87. The van der Waals surface area contributed by atoms with E-state index in [1.54, 1.807) is 6.07 Å². The molecular weight excluding hydrogens is 260 g/mol. The number of anilines is 1. The van der Waals surface area contributed by atoms with E-state index in [9.17, 15) is 10.1 Å². The number of nitro benzene ring substituents is 1. The summed E-state index contributed by atoms with van der Waals surface area (Å²) >= 11 is 3.30. The summed E-state index contributed by atoms with van der Waals surface area (Å²) in [6, 6.07) is 5.09. The molecule has 1 aromatic rings. The van der Waals surface area contributed by atoms with E-state index in [0.717, 1.165) is 23.2 Å². The van der Waals surface area contributed by atoms with Crippen molar-refractivity contribution in [2.75, 3.05) is 18.0 Å². The summed E-state index contributed by atoms with van der Waals surface area (Å²) in [6.07, 6.45) is 2.33. The molecule has 0 saturated carbocycles. The second kappa shape index (κ2) is 4.18. The summed E-state index contributed by atoms with van der Waals surface area (Å²) in [5.74, 6) is 0. The van der Waals surface area contributed by atoms with Crippen LogP contribution in [-0.4, -0.2) is 18.0 Å². The van der Waals surface area contributed by atoms with E-state index in [4.69, 9.17) is 0 Å². The molecule has 1 heterocycles. The van der Waals surface area contributed by atoms with E-state index in [0.29, 0.717) is 0 Å². The van der Waals surface area contributed by atoms with E-state index in [1.165, 1.54) is 18.9 Å². The molecule has 1 aliphatic rings. The zero-order chi connectivity index (χ0) is 10.8. The van der Waals surface area contributed by atoms with Crippen molar-refractivity contribution in [3.05, 3.63) is 32.8 Å². The fourth-order valence-electron chi connectivity index (χ4n) is 1.82. The number of hydrogen-bond acceptors (Lipinski definition) is 3. The van der Waals surface area contributed by atoms with Gasteiger partial charge >= 0.3 is 0 Å². The highest BCUT2D eigenvalue weighted by molar-refractivity contribution is 9.10. The van der Waals surface area contributed by atoms with Gasteiger partial charge < -0.3 is 4.90 Å². The molecule has 1 aromatic carbocycles. The molecule has 0 unspecified atom stereocenters. The summed E-state index contributed by atoms with van der Waals surface area (Å²) in [6.45, 7) is 1.99. The third-order valence-electron chi connectivity index (χ3n) is 2.55. The third kappa shape index (κ3) is 2.28. The van der Waals surface area contributed by atoms with E-state index in [2.05, 4.69) is 20.8 Å². The molecule has 0 aliphatic carbocycles. The number of nitrogens with zero attached hydrogens (tertiary/aromatic N) is 2. The fourth-order valence-corrected chi connectivity index (χ4v) is 2.29. The van der Waals surface area contributed by atoms with Crippen LogP contribution < -0.4 is 4.90 Å². The van der Waals surface area contributed by atoms with Gasteiger partial charge in [-0.15, -0.1) is 0 Å². The normalized spacial score (nSPS) is 15.7. The van der Waals surface area contributed by atoms with E-state index in [-0.39, 0.29) is 10.6 Å². The predicted molar refractivity (Wildman–Crippen MR) is 62.2 cm³/mol. The Kier molecular flexibility index (Phi) is 2.90. The van der Waals surface area contributed by atoms with Crippen LogP contribution in [0.5, 0.6) is 0 Å². The minimum Gasteiger partial charge on any atom is -0.371 e. The molecule has 15 heavy (non-hydrogen) atoms. The third-order valence-corrected chi connectivity index (χ3v) is 3.01. The Balaban J connectivity index is 2.34. The molecule has 0 N–H and O–H groups in total. The molecule has 0 atom stereocenters. The van der Waals surface area contributed by atoms with Crippen LogP contribution in [0.15, 0.2) is 22.7 Å². The standard InChI is InChI=1S/C10H11BrN2O2/c11-8-5-9(12-3-1-2-4-12)7-10(6-8)13(14)15/h5-7H,1-4H2. The molecule has 80 valence electrons. The first kappa shape index (κ1) is 10.4. The lowest BCUT2D eigenvalue weighted by molar-refractivity contribution is -0.384. The van der Waals surface area contributed by atoms with Crippen LogP contribution in [-0.2, 0) is 0 Å². The summed E-state index contributed by atoms with van der Waals surface area (Å²) in [4.78, 5) is 12.5. The Morgan fingerprint density at radius 2 is 1.93 bits per heavy atom. The molecule has 0 bridgehead atoms. The van der Waals surface area contributed by atoms with Gasteiger partial charge in [-0.3, -0.25) is 10.1 Å². The van der Waals surface area contributed by atoms with Gasteiger partial charge in [-0.05, 0) is 18.9 Å². The van der Waals surface area contributed by atoms with E-state index < -0.39 is 0 Å². The minimum absolute atomic E-state index is 0.145. The molecule has 0 aromatic heterocycles. The second-order valence-electron chi connectivity index (χ2n) is 3.62. The summed E-state index contributed by atoms with van der Waals surface area (Å²) < 4.78 is 0.763. The molecule has 2 rings (SSSR count). The average molecular weight is 271 g/mol. The van der Waals surface area contributed by atoms with Gasteiger partial charge in [0.05, 0.1) is 4.92 Å². The van der Waals surface area contributed by atoms with Gasteiger partial charge in [-0.1, -0.05) is 15.9 Å². The largest absolute Gasteiger partial charge is 0.371 e. The maximum atomic E-state index is 10.7. The molecule has 1 fully saturated rings. The van der Waals surface area contributed by atoms with Gasteiger partial charge in [0.25, 0.3) is 5.69 Å². The number of nitro groups is 1. The van der Waals surface area contributed by atoms with Crippen LogP contribution in [0.3, 0.4) is 0 Å². The number of rotatable bonds is 2. The Morgan fingerprint density at radius 3 is 2.53 bits per heavy atom. The molecule has 0 radical (unpaired) electrons. The monoisotopic (exact) mass is 270 g/mol. The van der Waals surface area contributed by atoms with Gasteiger partial charge in [0.15, 0.2) is 0 Å². The number of halogens is 1. The van der Waals surface area contributed by atoms with Crippen LogP contribution in [0.4, 0.5) is 11.4 Å². The highest BCUT2D eigenvalue weighted by Crippen LogP contribution is 2.29. The first-order chi connectivity index (χ1) is 7.16. The Labute approximate surface area is 96.2 Å². The lowest BCUT2D eigenvalue weighted by atomic mass is 10.2. The van der Waals surface area contributed by atoms with Crippen molar-refractivity contribution >= 4 is 27.3 Å². The lowest BCUT2D eigenvalue weighted by Gasteiger charge is -2.17. The summed E-state index contributed by atoms with van der Waals surface area (Å²) in [5.41, 5.74) is 1.08. The van der Waals surface area contributed by atoms with Crippen LogP contribution in [0.2, 0.25) is 0 Å². The zero-order valence-corrected chi connectivity index (χ0v) is 9.74. The van der Waals surface area contributed by atoms with Crippen LogP contribution in [0.1, 0.15) is 12.8 Å². The quantitative estimate of drug-likeness (QED) is 0.613. The van der Waals surface area contributed by atoms with Crippen molar-refractivity contribution in [2.45, 2.75) is 12.8 Å². The predicted octanol–water partition coefficient (Wildman–Crippen LogP) is 2.96. The average Bonchev–Trinajstić information content (AvgIpc) is 2.69. The highest BCUT2D eigenvalue weighted by atomic mass is 79.9. The molecule has 4 nitrogen and oxygen atoms in total. The Morgan fingerprint density at radius 1 is 1.27 bits per heavy atom. The second-order valence-corrected chi connectivity index (χ2v) is 4.53. The van der Waals surface area contributed by atoms with Gasteiger partial charge in [0, 0.05) is 35.4 Å². The summed E-state index contributed by atoms with van der Waals surface area (Å²) in [7, 11) is 0. The fraction of sp³-hybridized carbons (Fsp3) is 0.400. The van der Waals surface area contributed by atoms with Gasteiger partial charge in [0.2, 0.25) is 0 Å². The molecule has 5 heteroatoms. The van der Waals surface area contributed by atoms with Crippen molar-refractivity contribution in [3.8, 4) is 0 Å². The maximum absolute atomic E-state index is 10.7. The van der Waals surface area contributed by atoms with E-state index in [1.807, 2.05) is 6.07 Å². The van der Waals surface area contributed by atoms with Gasteiger partial charge in [-0.2, -0.15) is 0 Å². The molecular formula is C10H11BrN2O2. The van der Waals surface area contributed by atoms with Crippen molar-refractivity contribution in [1.82, 2.24) is 0 Å². The van der Waals surface area contributed by atoms with Crippen molar-refractivity contribution in [3.63, 3.8) is 0 Å². The smallest absolute Gasteiger partial charge is 0.272 e. The van der Waals surface area contributed by atoms with Gasteiger partial charge in [-0.25, -0.2) is 0 Å². The topological polar surface area (TPSA) is 46.4 Å².